The summed E-state index contributed by atoms with van der Waals surface area (Å²) >= 11 is 1.60. The van der Waals surface area contributed by atoms with E-state index in [1.807, 2.05) is 18.2 Å². The Hall–Kier alpha value is -2.18. The van der Waals surface area contributed by atoms with Crippen LogP contribution in [0, 0.1) is 0 Å². The molecule has 0 bridgehead atoms. The summed E-state index contributed by atoms with van der Waals surface area (Å²) in [6, 6.07) is 11.9. The van der Waals surface area contributed by atoms with Crippen molar-refractivity contribution in [2.45, 2.75) is 57.7 Å². The number of hydrogen-bond donors (Lipinski definition) is 2. The number of hydrogen-bond acceptors (Lipinski definition) is 6. The lowest BCUT2D eigenvalue weighted by molar-refractivity contribution is -0.00768. The number of nitrogens with zero attached hydrogens (tertiary/aromatic N) is 3. The second kappa shape index (κ2) is 6.71. The highest BCUT2D eigenvalue weighted by molar-refractivity contribution is 7.18. The first-order valence-corrected chi connectivity index (χ1v) is 10.5. The van der Waals surface area contributed by atoms with Crippen molar-refractivity contribution < 1.29 is 5.11 Å². The summed E-state index contributed by atoms with van der Waals surface area (Å²) in [5.41, 5.74) is 1.32. The van der Waals surface area contributed by atoms with Crippen molar-refractivity contribution in [3.8, 4) is 16.3 Å². The Kier molecular flexibility index (Phi) is 4.59. The third-order valence-corrected chi connectivity index (χ3v) is 7.03. The Labute approximate surface area is 170 Å². The molecule has 6 heteroatoms. The molecule has 4 rings (SSSR count). The van der Waals surface area contributed by atoms with Crippen molar-refractivity contribution in [2.75, 3.05) is 12.4 Å². The van der Waals surface area contributed by atoms with Crippen molar-refractivity contribution in [1.82, 2.24) is 15.1 Å². The molecule has 2 aromatic carbocycles. The molecule has 1 aromatic heterocycles. The normalized spacial score (nSPS) is 19.8. The second-order valence-corrected chi connectivity index (χ2v) is 10.1. The Morgan fingerprint density at radius 2 is 1.64 bits per heavy atom. The van der Waals surface area contributed by atoms with E-state index < -0.39 is 0 Å². The molecule has 148 valence electrons. The average Bonchev–Trinajstić information content (AvgIpc) is 3.07. The molecular formula is C22H28N4OS. The van der Waals surface area contributed by atoms with Gasteiger partial charge in [-0.15, -0.1) is 10.2 Å². The van der Waals surface area contributed by atoms with Crippen molar-refractivity contribution in [3.63, 3.8) is 0 Å². The first-order chi connectivity index (χ1) is 13.1. The zero-order chi connectivity index (χ0) is 20.1. The lowest BCUT2D eigenvalue weighted by Crippen LogP contribution is -2.61. The van der Waals surface area contributed by atoms with Gasteiger partial charge in [0.05, 0.1) is 0 Å². The standard InChI is InChI=1S/C22H28N4OS/c1-21(2)12-17(13-22(3,4)26(21)5)23-20-25-24-19(28-20)16-7-6-15-11-18(27)9-8-14(15)10-16/h6-11,17,27H,12-13H2,1-5H3,(H,23,25). The first-order valence-electron chi connectivity index (χ1n) is 9.71. The summed E-state index contributed by atoms with van der Waals surface area (Å²) in [7, 11) is 2.22. The SMILES string of the molecule is CN1C(C)(C)CC(Nc2nnc(-c3ccc4cc(O)ccc4c3)s2)CC1(C)C. The van der Waals surface area contributed by atoms with E-state index in [4.69, 9.17) is 0 Å². The number of benzene rings is 2. The van der Waals surface area contributed by atoms with Crippen LogP contribution in [0.1, 0.15) is 40.5 Å². The van der Waals surface area contributed by atoms with Crippen LogP contribution in [0.4, 0.5) is 5.13 Å². The maximum absolute atomic E-state index is 9.63. The maximum atomic E-state index is 9.63. The molecule has 0 unspecified atom stereocenters. The van der Waals surface area contributed by atoms with Gasteiger partial charge >= 0.3 is 0 Å². The number of aromatic hydroxyl groups is 1. The van der Waals surface area contributed by atoms with E-state index in [0.717, 1.165) is 39.3 Å². The van der Waals surface area contributed by atoms with Crippen LogP contribution in [-0.4, -0.2) is 44.4 Å². The number of nitrogens with one attached hydrogen (secondary N) is 1. The first kappa shape index (κ1) is 19.2. The lowest BCUT2D eigenvalue weighted by atomic mass is 9.77. The van der Waals surface area contributed by atoms with E-state index in [1.165, 1.54) is 0 Å². The van der Waals surface area contributed by atoms with Gasteiger partial charge in [0.25, 0.3) is 0 Å². The predicted octanol–water partition coefficient (Wildman–Crippen LogP) is 5.13. The number of fused-ring (bicyclic) bond motifs is 1. The fraction of sp³-hybridized carbons (Fsp3) is 0.455. The molecule has 0 aliphatic carbocycles. The largest absolute Gasteiger partial charge is 0.508 e. The van der Waals surface area contributed by atoms with Crippen molar-refractivity contribution in [1.29, 1.82) is 0 Å². The Balaban J connectivity index is 1.54. The molecule has 0 radical (unpaired) electrons. The van der Waals surface area contributed by atoms with Crippen LogP contribution < -0.4 is 5.32 Å². The van der Waals surface area contributed by atoms with Gasteiger partial charge in [-0.05, 0) is 76.6 Å². The molecule has 0 amide bonds. The smallest absolute Gasteiger partial charge is 0.206 e. The second-order valence-electron chi connectivity index (χ2n) is 9.09. The van der Waals surface area contributed by atoms with Crippen LogP contribution in [0.2, 0.25) is 0 Å². The summed E-state index contributed by atoms with van der Waals surface area (Å²) < 4.78 is 0. The minimum absolute atomic E-state index is 0.136. The van der Waals surface area contributed by atoms with Crippen molar-refractivity contribution >= 4 is 27.2 Å². The molecule has 1 fully saturated rings. The highest BCUT2D eigenvalue weighted by Gasteiger charge is 2.43. The van der Waals surface area contributed by atoms with E-state index in [-0.39, 0.29) is 16.8 Å². The van der Waals surface area contributed by atoms with Crippen LogP contribution in [0.3, 0.4) is 0 Å². The zero-order valence-corrected chi connectivity index (χ0v) is 18.0. The fourth-order valence-electron chi connectivity index (χ4n) is 4.41. The summed E-state index contributed by atoms with van der Waals surface area (Å²) in [6.07, 6.45) is 2.14. The van der Waals surface area contributed by atoms with Crippen LogP contribution in [-0.2, 0) is 0 Å². The summed E-state index contributed by atoms with van der Waals surface area (Å²) in [4.78, 5) is 2.48. The van der Waals surface area contributed by atoms with E-state index >= 15 is 0 Å². The van der Waals surface area contributed by atoms with Gasteiger partial charge in [0.1, 0.15) is 10.8 Å². The lowest BCUT2D eigenvalue weighted by Gasteiger charge is -2.53. The van der Waals surface area contributed by atoms with Gasteiger partial charge in [0.15, 0.2) is 0 Å². The highest BCUT2D eigenvalue weighted by Crippen LogP contribution is 2.39. The van der Waals surface area contributed by atoms with Crippen LogP contribution in [0.5, 0.6) is 5.75 Å². The van der Waals surface area contributed by atoms with E-state index in [1.54, 1.807) is 23.5 Å². The Morgan fingerprint density at radius 3 is 2.36 bits per heavy atom. The third-order valence-electron chi connectivity index (χ3n) is 6.13. The van der Waals surface area contributed by atoms with E-state index in [9.17, 15) is 5.11 Å². The summed E-state index contributed by atoms with van der Waals surface area (Å²) in [5, 5.41) is 26.0. The van der Waals surface area contributed by atoms with Gasteiger partial charge in [0.2, 0.25) is 5.13 Å². The topological polar surface area (TPSA) is 61.3 Å². The van der Waals surface area contributed by atoms with Gasteiger partial charge in [-0.2, -0.15) is 0 Å². The molecule has 2 N–H and O–H groups in total. The maximum Gasteiger partial charge on any atom is 0.206 e. The van der Waals surface area contributed by atoms with Gasteiger partial charge in [-0.1, -0.05) is 29.5 Å². The number of likely N-dealkylation sites (tertiary alicyclic amines) is 1. The molecular weight excluding hydrogens is 368 g/mol. The molecule has 2 heterocycles. The highest BCUT2D eigenvalue weighted by atomic mass is 32.1. The van der Waals surface area contributed by atoms with Gasteiger partial charge < -0.3 is 10.4 Å². The quantitative estimate of drug-likeness (QED) is 0.643. The summed E-state index contributed by atoms with van der Waals surface area (Å²) in [6.45, 7) is 9.23. The van der Waals surface area contributed by atoms with Crippen LogP contribution in [0.25, 0.3) is 21.3 Å². The fourth-order valence-corrected chi connectivity index (χ4v) is 5.23. The Morgan fingerprint density at radius 1 is 1.00 bits per heavy atom. The molecule has 1 aliphatic rings. The van der Waals surface area contributed by atoms with Crippen molar-refractivity contribution in [2.24, 2.45) is 0 Å². The summed E-state index contributed by atoms with van der Waals surface area (Å²) in [5.74, 6) is 0.284. The minimum Gasteiger partial charge on any atom is -0.508 e. The molecule has 0 spiro atoms. The van der Waals surface area contributed by atoms with Crippen LogP contribution in [0.15, 0.2) is 36.4 Å². The molecule has 1 saturated heterocycles. The predicted molar refractivity (Wildman–Crippen MR) is 117 cm³/mol. The van der Waals surface area contributed by atoms with Crippen LogP contribution >= 0.6 is 11.3 Å². The van der Waals surface area contributed by atoms with E-state index in [0.29, 0.717) is 6.04 Å². The van der Waals surface area contributed by atoms with Gasteiger partial charge in [-0.25, -0.2) is 0 Å². The monoisotopic (exact) mass is 396 g/mol. The van der Waals surface area contributed by atoms with Crippen molar-refractivity contribution in [3.05, 3.63) is 36.4 Å². The Bertz CT molecular complexity index is 993. The molecule has 1 aliphatic heterocycles. The molecule has 0 saturated carbocycles. The average molecular weight is 397 g/mol. The number of rotatable bonds is 3. The number of anilines is 1. The van der Waals surface area contributed by atoms with Gasteiger partial charge in [0, 0.05) is 22.7 Å². The van der Waals surface area contributed by atoms with E-state index in [2.05, 4.69) is 61.2 Å². The molecule has 3 aromatic rings. The molecule has 28 heavy (non-hydrogen) atoms. The number of phenols is 1. The minimum atomic E-state index is 0.136. The number of phenolic OH excluding ortho intramolecular Hbond substituents is 1. The number of aromatic nitrogens is 2. The third kappa shape index (κ3) is 3.59. The molecule has 5 nitrogen and oxygen atoms in total. The van der Waals surface area contributed by atoms with Gasteiger partial charge in [-0.3, -0.25) is 4.90 Å². The molecule has 0 atom stereocenters. The number of piperidine rings is 1. The zero-order valence-electron chi connectivity index (χ0n) is 17.2.